The molecule has 0 saturated carbocycles. The predicted molar refractivity (Wildman–Crippen MR) is 90.3 cm³/mol. The fourth-order valence-corrected chi connectivity index (χ4v) is 2.37. The van der Waals surface area contributed by atoms with Gasteiger partial charge in [0.05, 0.1) is 12.7 Å². The summed E-state index contributed by atoms with van der Waals surface area (Å²) < 4.78 is 5.72. The zero-order valence-electron chi connectivity index (χ0n) is 12.8. The van der Waals surface area contributed by atoms with Crippen molar-refractivity contribution < 1.29 is 9.84 Å². The molecule has 1 atom stereocenters. The third-order valence-electron chi connectivity index (χ3n) is 3.32. The lowest BCUT2D eigenvalue weighted by Gasteiger charge is -2.15. The number of aliphatic hydroxyl groups excluding tert-OH is 1. The Morgan fingerprint density at radius 2 is 1.95 bits per heavy atom. The van der Waals surface area contributed by atoms with Gasteiger partial charge in [0.15, 0.2) is 0 Å². The first-order valence-corrected chi connectivity index (χ1v) is 7.93. The highest BCUT2D eigenvalue weighted by atomic mass is 35.5. The van der Waals surface area contributed by atoms with Gasteiger partial charge in [0, 0.05) is 23.7 Å². The molecule has 0 aromatic heterocycles. The molecule has 0 fully saturated rings. The summed E-state index contributed by atoms with van der Waals surface area (Å²) in [6.07, 6.45) is 0.433. The van der Waals surface area contributed by atoms with Crippen LogP contribution in [0.15, 0.2) is 48.5 Å². The van der Waals surface area contributed by atoms with Gasteiger partial charge in [-0.25, -0.2) is 0 Å². The van der Waals surface area contributed by atoms with Crippen molar-refractivity contribution >= 4 is 11.6 Å². The second-order valence-corrected chi connectivity index (χ2v) is 5.59. The molecule has 0 amide bonds. The van der Waals surface area contributed by atoms with Crippen LogP contribution in [0.3, 0.4) is 0 Å². The Kier molecular flexibility index (Phi) is 6.72. The summed E-state index contributed by atoms with van der Waals surface area (Å²) in [6, 6.07) is 15.2. The van der Waals surface area contributed by atoms with Crippen LogP contribution in [0.5, 0.6) is 5.75 Å². The zero-order valence-corrected chi connectivity index (χ0v) is 13.5. The lowest BCUT2D eigenvalue weighted by atomic mass is 10.1. The van der Waals surface area contributed by atoms with Crippen molar-refractivity contribution in [2.24, 2.45) is 0 Å². The van der Waals surface area contributed by atoms with Gasteiger partial charge in [-0.05, 0) is 30.2 Å². The van der Waals surface area contributed by atoms with Crippen LogP contribution in [0.1, 0.15) is 30.6 Å². The third kappa shape index (κ3) is 5.02. The molecule has 0 radical (unpaired) electrons. The van der Waals surface area contributed by atoms with E-state index in [1.54, 1.807) is 0 Å². The molecule has 4 heteroatoms. The smallest absolute Gasteiger partial charge is 0.123 e. The largest absolute Gasteiger partial charge is 0.493 e. The minimum Gasteiger partial charge on any atom is -0.493 e. The average Bonchev–Trinajstić information content (AvgIpc) is 2.55. The highest BCUT2D eigenvalue weighted by Crippen LogP contribution is 2.23. The van der Waals surface area contributed by atoms with Crippen molar-refractivity contribution in [3.05, 3.63) is 64.7 Å². The monoisotopic (exact) mass is 319 g/mol. The summed E-state index contributed by atoms with van der Waals surface area (Å²) in [7, 11) is 0. The van der Waals surface area contributed by atoms with Crippen LogP contribution < -0.4 is 10.1 Å². The minimum atomic E-state index is -0.527. The predicted octanol–water partition coefficient (Wildman–Crippen LogP) is 3.95. The molecule has 2 aromatic carbocycles. The highest BCUT2D eigenvalue weighted by molar-refractivity contribution is 6.30. The minimum absolute atomic E-state index is 0.476. The SMILES string of the molecule is CCCOc1ccc(Cl)cc1CNC[C@H](O)c1ccccc1. The summed E-state index contributed by atoms with van der Waals surface area (Å²) in [4.78, 5) is 0. The molecule has 2 aromatic rings. The Balaban J connectivity index is 1.92. The Hall–Kier alpha value is -1.55. The quantitative estimate of drug-likeness (QED) is 0.774. The normalized spacial score (nSPS) is 12.1. The van der Waals surface area contributed by atoms with Crippen molar-refractivity contribution in [1.82, 2.24) is 5.32 Å². The first kappa shape index (κ1) is 16.8. The molecular formula is C18H22ClNO2. The van der Waals surface area contributed by atoms with E-state index in [0.29, 0.717) is 24.7 Å². The van der Waals surface area contributed by atoms with Crippen LogP contribution in [0.2, 0.25) is 5.02 Å². The van der Waals surface area contributed by atoms with Crippen LogP contribution in [0.25, 0.3) is 0 Å². The molecule has 118 valence electrons. The zero-order chi connectivity index (χ0) is 15.8. The molecule has 2 N–H and O–H groups in total. The first-order chi connectivity index (χ1) is 10.7. The fraction of sp³-hybridized carbons (Fsp3) is 0.333. The molecule has 0 heterocycles. The van der Waals surface area contributed by atoms with Crippen molar-refractivity contribution in [1.29, 1.82) is 0 Å². The molecule has 2 rings (SSSR count). The maximum atomic E-state index is 10.1. The van der Waals surface area contributed by atoms with Crippen LogP contribution in [0.4, 0.5) is 0 Å². The Morgan fingerprint density at radius 3 is 2.68 bits per heavy atom. The van der Waals surface area contributed by atoms with E-state index in [9.17, 15) is 5.11 Å². The van der Waals surface area contributed by atoms with Gasteiger partial charge in [-0.1, -0.05) is 48.9 Å². The lowest BCUT2D eigenvalue weighted by Crippen LogP contribution is -2.21. The molecule has 0 bridgehead atoms. The molecule has 22 heavy (non-hydrogen) atoms. The first-order valence-electron chi connectivity index (χ1n) is 7.55. The van der Waals surface area contributed by atoms with E-state index < -0.39 is 6.10 Å². The van der Waals surface area contributed by atoms with Crippen LogP contribution in [-0.2, 0) is 6.54 Å². The topological polar surface area (TPSA) is 41.5 Å². The number of rotatable bonds is 8. The number of benzene rings is 2. The third-order valence-corrected chi connectivity index (χ3v) is 3.56. The van der Waals surface area contributed by atoms with Gasteiger partial charge in [-0.15, -0.1) is 0 Å². The molecule has 0 unspecified atom stereocenters. The maximum Gasteiger partial charge on any atom is 0.123 e. The van der Waals surface area contributed by atoms with Crippen molar-refractivity contribution in [3.8, 4) is 5.75 Å². The molecule has 0 saturated heterocycles. The second-order valence-electron chi connectivity index (χ2n) is 5.16. The van der Waals surface area contributed by atoms with E-state index in [1.165, 1.54) is 0 Å². The second kappa shape index (κ2) is 8.79. The molecule has 0 spiro atoms. The van der Waals surface area contributed by atoms with Crippen LogP contribution in [-0.4, -0.2) is 18.3 Å². The highest BCUT2D eigenvalue weighted by Gasteiger charge is 2.08. The summed E-state index contributed by atoms with van der Waals surface area (Å²) in [5, 5.41) is 14.1. The molecule has 0 aliphatic carbocycles. The lowest BCUT2D eigenvalue weighted by molar-refractivity contribution is 0.174. The van der Waals surface area contributed by atoms with Gasteiger partial charge in [0.25, 0.3) is 0 Å². The van der Waals surface area contributed by atoms with E-state index in [2.05, 4.69) is 12.2 Å². The number of nitrogens with one attached hydrogen (secondary N) is 1. The van der Waals surface area contributed by atoms with Gasteiger partial charge in [-0.3, -0.25) is 0 Å². The van der Waals surface area contributed by atoms with Crippen molar-refractivity contribution in [3.63, 3.8) is 0 Å². The van der Waals surface area contributed by atoms with E-state index in [1.807, 2.05) is 48.5 Å². The van der Waals surface area contributed by atoms with E-state index in [-0.39, 0.29) is 0 Å². The summed E-state index contributed by atoms with van der Waals surface area (Å²) in [5.41, 5.74) is 1.91. The number of halogens is 1. The fourth-order valence-electron chi connectivity index (χ4n) is 2.18. The van der Waals surface area contributed by atoms with E-state index in [4.69, 9.17) is 16.3 Å². The number of hydrogen-bond donors (Lipinski definition) is 2. The Labute approximate surface area is 136 Å². The number of ether oxygens (including phenoxy) is 1. The van der Waals surface area contributed by atoms with Gasteiger partial charge in [-0.2, -0.15) is 0 Å². The summed E-state index contributed by atoms with van der Waals surface area (Å²) in [5.74, 6) is 0.841. The molecule has 0 aliphatic heterocycles. The number of hydrogen-bond acceptors (Lipinski definition) is 3. The van der Waals surface area contributed by atoms with E-state index in [0.717, 1.165) is 23.3 Å². The Morgan fingerprint density at radius 1 is 1.18 bits per heavy atom. The summed E-state index contributed by atoms with van der Waals surface area (Å²) >= 11 is 6.06. The van der Waals surface area contributed by atoms with Crippen LogP contribution >= 0.6 is 11.6 Å². The average molecular weight is 320 g/mol. The van der Waals surface area contributed by atoms with Crippen LogP contribution in [0, 0.1) is 0 Å². The maximum absolute atomic E-state index is 10.1. The molecule has 0 aliphatic rings. The number of aliphatic hydroxyl groups is 1. The standard InChI is InChI=1S/C18H22ClNO2/c1-2-10-22-18-9-8-16(19)11-15(18)12-20-13-17(21)14-6-4-3-5-7-14/h3-9,11,17,20-21H,2,10,12-13H2,1H3/t17-/m0/s1. The van der Waals surface area contributed by atoms with Crippen molar-refractivity contribution in [2.75, 3.05) is 13.2 Å². The van der Waals surface area contributed by atoms with Gasteiger partial charge in [0.1, 0.15) is 5.75 Å². The van der Waals surface area contributed by atoms with Crippen molar-refractivity contribution in [2.45, 2.75) is 26.0 Å². The molecule has 3 nitrogen and oxygen atoms in total. The van der Waals surface area contributed by atoms with E-state index >= 15 is 0 Å². The van der Waals surface area contributed by atoms with Gasteiger partial charge < -0.3 is 15.2 Å². The Bertz CT molecular complexity index is 575. The summed E-state index contributed by atoms with van der Waals surface area (Å²) in [6.45, 7) is 3.83. The van der Waals surface area contributed by atoms with Gasteiger partial charge >= 0.3 is 0 Å². The molecular weight excluding hydrogens is 298 g/mol. The van der Waals surface area contributed by atoms with Gasteiger partial charge in [0.2, 0.25) is 0 Å².